The molecular formula is C23H27F3N6. The summed E-state index contributed by atoms with van der Waals surface area (Å²) in [6.07, 6.45) is -2.59. The summed E-state index contributed by atoms with van der Waals surface area (Å²) in [5.41, 5.74) is 1.01. The van der Waals surface area contributed by atoms with Crippen LogP contribution in [-0.2, 0) is 12.7 Å². The molecule has 0 bridgehead atoms. The van der Waals surface area contributed by atoms with E-state index in [0.717, 1.165) is 41.4 Å². The van der Waals surface area contributed by atoms with Crippen molar-refractivity contribution in [2.24, 2.45) is 0 Å². The molecule has 0 atom stereocenters. The van der Waals surface area contributed by atoms with Gasteiger partial charge in [-0.1, -0.05) is 12.1 Å². The predicted octanol–water partition coefficient (Wildman–Crippen LogP) is 4.41. The zero-order chi connectivity index (χ0) is 23.3. The van der Waals surface area contributed by atoms with E-state index >= 15 is 0 Å². The zero-order valence-electron chi connectivity index (χ0n) is 18.9. The summed E-state index contributed by atoms with van der Waals surface area (Å²) in [5.74, 6) is 1.38. The SMILES string of the molecule is Cc1c(CNc2nnc(C)c3cnc(N4CC(C)(N(C)C)C4)cc23)cccc1C(F)(F)F. The van der Waals surface area contributed by atoms with Gasteiger partial charge in [-0.2, -0.15) is 18.3 Å². The molecule has 0 saturated carbocycles. The van der Waals surface area contributed by atoms with E-state index < -0.39 is 11.7 Å². The van der Waals surface area contributed by atoms with Crippen molar-refractivity contribution in [3.05, 3.63) is 52.8 Å². The standard InChI is InChI=1S/C23H27F3N6/c1-14-16(7-6-8-19(14)23(24,25)26)10-28-21-17-9-20(27-11-18(17)15(2)29-30-21)32-12-22(3,13-32)31(4)5/h6-9,11H,10,12-13H2,1-5H3,(H,28,30). The first-order valence-electron chi connectivity index (χ1n) is 10.4. The molecule has 0 spiro atoms. The average molecular weight is 445 g/mol. The second kappa shape index (κ2) is 7.88. The minimum atomic E-state index is -4.38. The Kier molecular flexibility index (Phi) is 5.48. The molecule has 1 aromatic carbocycles. The van der Waals surface area contributed by atoms with Crippen molar-refractivity contribution < 1.29 is 13.2 Å². The Bertz CT molecular complexity index is 1150. The van der Waals surface area contributed by atoms with Gasteiger partial charge < -0.3 is 15.1 Å². The summed E-state index contributed by atoms with van der Waals surface area (Å²) in [5, 5.41) is 13.4. The molecule has 0 aliphatic carbocycles. The molecule has 3 aromatic rings. The number of halogens is 3. The molecule has 1 fully saturated rings. The third-order valence-electron chi connectivity index (χ3n) is 6.50. The number of benzene rings is 1. The van der Waals surface area contributed by atoms with Crippen LogP contribution in [0.15, 0.2) is 30.5 Å². The molecule has 170 valence electrons. The van der Waals surface area contributed by atoms with E-state index in [1.165, 1.54) is 13.0 Å². The molecule has 4 rings (SSSR count). The van der Waals surface area contributed by atoms with Gasteiger partial charge in [-0.05, 0) is 58.1 Å². The number of hydrogen-bond acceptors (Lipinski definition) is 6. The van der Waals surface area contributed by atoms with Crippen LogP contribution in [0.2, 0.25) is 0 Å². The van der Waals surface area contributed by atoms with Gasteiger partial charge in [0.1, 0.15) is 5.82 Å². The Hall–Kier alpha value is -2.94. The quantitative estimate of drug-likeness (QED) is 0.629. The zero-order valence-corrected chi connectivity index (χ0v) is 18.9. The van der Waals surface area contributed by atoms with E-state index in [2.05, 4.69) is 51.3 Å². The topological polar surface area (TPSA) is 57.2 Å². The Morgan fingerprint density at radius 1 is 1.12 bits per heavy atom. The molecule has 1 saturated heterocycles. The van der Waals surface area contributed by atoms with Gasteiger partial charge >= 0.3 is 6.18 Å². The van der Waals surface area contributed by atoms with Crippen LogP contribution in [0.5, 0.6) is 0 Å². The number of fused-ring (bicyclic) bond motifs is 1. The molecule has 1 N–H and O–H groups in total. The van der Waals surface area contributed by atoms with Crippen molar-refractivity contribution >= 4 is 22.4 Å². The first-order chi connectivity index (χ1) is 15.0. The highest BCUT2D eigenvalue weighted by Crippen LogP contribution is 2.34. The van der Waals surface area contributed by atoms with Crippen LogP contribution >= 0.6 is 0 Å². The summed E-state index contributed by atoms with van der Waals surface area (Å²) in [6.45, 7) is 7.51. The number of aryl methyl sites for hydroxylation is 1. The first kappa shape index (κ1) is 22.3. The number of anilines is 2. The lowest BCUT2D eigenvalue weighted by Gasteiger charge is -2.52. The van der Waals surface area contributed by atoms with Gasteiger partial charge in [-0.15, -0.1) is 5.10 Å². The lowest BCUT2D eigenvalue weighted by atomic mass is 9.91. The molecule has 1 aliphatic heterocycles. The maximum absolute atomic E-state index is 13.3. The number of nitrogens with zero attached hydrogens (tertiary/aromatic N) is 5. The third kappa shape index (κ3) is 3.97. The van der Waals surface area contributed by atoms with Crippen LogP contribution < -0.4 is 10.2 Å². The fourth-order valence-corrected chi connectivity index (χ4v) is 4.05. The molecular weight excluding hydrogens is 417 g/mol. The van der Waals surface area contributed by atoms with Crippen molar-refractivity contribution in [3.8, 4) is 0 Å². The molecule has 32 heavy (non-hydrogen) atoms. The van der Waals surface area contributed by atoms with Crippen molar-refractivity contribution in [3.63, 3.8) is 0 Å². The Balaban J connectivity index is 1.62. The molecule has 0 amide bonds. The van der Waals surface area contributed by atoms with Crippen LogP contribution in [0.4, 0.5) is 24.8 Å². The van der Waals surface area contributed by atoms with Crippen molar-refractivity contribution in [2.45, 2.75) is 39.0 Å². The number of aromatic nitrogens is 3. The predicted molar refractivity (Wildman–Crippen MR) is 120 cm³/mol. The smallest absolute Gasteiger partial charge is 0.364 e. The van der Waals surface area contributed by atoms with Gasteiger partial charge in [-0.3, -0.25) is 0 Å². The Morgan fingerprint density at radius 2 is 1.84 bits per heavy atom. The van der Waals surface area contributed by atoms with E-state index in [1.807, 2.05) is 13.0 Å². The number of hydrogen-bond donors (Lipinski definition) is 1. The van der Waals surface area contributed by atoms with Crippen molar-refractivity contribution in [1.82, 2.24) is 20.1 Å². The number of rotatable bonds is 5. The first-order valence-corrected chi connectivity index (χ1v) is 10.4. The molecule has 0 unspecified atom stereocenters. The minimum Gasteiger partial charge on any atom is -0.364 e. The number of nitrogens with one attached hydrogen (secondary N) is 1. The monoisotopic (exact) mass is 444 g/mol. The summed E-state index contributed by atoms with van der Waals surface area (Å²) in [7, 11) is 4.14. The van der Waals surface area contributed by atoms with Gasteiger partial charge in [0.15, 0.2) is 5.82 Å². The highest BCUT2D eigenvalue weighted by Gasteiger charge is 2.41. The van der Waals surface area contributed by atoms with Crippen molar-refractivity contribution in [2.75, 3.05) is 37.4 Å². The van der Waals surface area contributed by atoms with Crippen LogP contribution in [0.3, 0.4) is 0 Å². The maximum Gasteiger partial charge on any atom is 0.416 e. The Labute approximate surface area is 185 Å². The highest BCUT2D eigenvalue weighted by molar-refractivity contribution is 5.94. The highest BCUT2D eigenvalue weighted by atomic mass is 19.4. The second-order valence-corrected chi connectivity index (χ2v) is 8.91. The third-order valence-corrected chi connectivity index (χ3v) is 6.50. The van der Waals surface area contributed by atoms with Crippen LogP contribution in [0.25, 0.3) is 10.8 Å². The van der Waals surface area contributed by atoms with Gasteiger partial charge in [0, 0.05) is 36.6 Å². The number of likely N-dealkylation sites (N-methyl/N-ethyl adjacent to an activating group) is 1. The summed E-state index contributed by atoms with van der Waals surface area (Å²) < 4.78 is 39.8. The molecule has 6 nitrogen and oxygen atoms in total. The van der Waals surface area contributed by atoms with Gasteiger partial charge in [0.2, 0.25) is 0 Å². The Morgan fingerprint density at radius 3 is 2.50 bits per heavy atom. The van der Waals surface area contributed by atoms with Crippen molar-refractivity contribution in [1.29, 1.82) is 0 Å². The number of alkyl halides is 3. The van der Waals surface area contributed by atoms with Crippen LogP contribution in [0.1, 0.15) is 29.3 Å². The van der Waals surface area contributed by atoms with Gasteiger partial charge in [0.05, 0.1) is 16.8 Å². The van der Waals surface area contributed by atoms with Gasteiger partial charge in [0.25, 0.3) is 0 Å². The molecule has 3 heterocycles. The van der Waals surface area contributed by atoms with E-state index in [9.17, 15) is 13.2 Å². The van der Waals surface area contributed by atoms with E-state index in [1.54, 1.807) is 12.3 Å². The molecule has 9 heteroatoms. The number of pyridine rings is 1. The maximum atomic E-state index is 13.3. The fraction of sp³-hybridized carbons (Fsp3) is 0.435. The molecule has 2 aromatic heterocycles. The summed E-state index contributed by atoms with van der Waals surface area (Å²) >= 11 is 0. The lowest BCUT2D eigenvalue weighted by Crippen LogP contribution is -2.67. The summed E-state index contributed by atoms with van der Waals surface area (Å²) in [4.78, 5) is 9.03. The largest absolute Gasteiger partial charge is 0.416 e. The van der Waals surface area contributed by atoms with E-state index in [4.69, 9.17) is 0 Å². The molecule has 1 aliphatic rings. The minimum absolute atomic E-state index is 0.102. The fourth-order valence-electron chi connectivity index (χ4n) is 4.05. The van der Waals surface area contributed by atoms with E-state index in [-0.39, 0.29) is 17.6 Å². The second-order valence-electron chi connectivity index (χ2n) is 8.91. The van der Waals surface area contributed by atoms with Gasteiger partial charge in [-0.25, -0.2) is 4.98 Å². The van der Waals surface area contributed by atoms with Crippen LogP contribution in [-0.4, -0.2) is 52.8 Å². The summed E-state index contributed by atoms with van der Waals surface area (Å²) in [6, 6.07) is 6.20. The lowest BCUT2D eigenvalue weighted by molar-refractivity contribution is -0.138. The normalized spacial score (nSPS) is 15.8. The molecule has 0 radical (unpaired) electrons. The average Bonchev–Trinajstić information content (AvgIpc) is 2.70. The van der Waals surface area contributed by atoms with Crippen LogP contribution in [0, 0.1) is 13.8 Å². The van der Waals surface area contributed by atoms with E-state index in [0.29, 0.717) is 11.4 Å².